The van der Waals surface area contributed by atoms with Crippen molar-refractivity contribution in [1.82, 2.24) is 0 Å². The molecule has 2 nitrogen and oxygen atoms in total. The van der Waals surface area contributed by atoms with Crippen LogP contribution in [0.25, 0.3) is 0 Å². The van der Waals surface area contributed by atoms with Crippen LogP contribution in [0, 0.1) is 0 Å². The van der Waals surface area contributed by atoms with Crippen molar-refractivity contribution in [1.29, 1.82) is 0 Å². The molecule has 0 amide bonds. The molecular formula is C14H20F3NOS. The summed E-state index contributed by atoms with van der Waals surface area (Å²) in [5.74, 6) is 0.607. The number of thioether (sulfide) groups is 1. The lowest BCUT2D eigenvalue weighted by Crippen LogP contribution is -2.18. The largest absolute Gasteiger partial charge is 0.573 e. The van der Waals surface area contributed by atoms with Gasteiger partial charge in [-0.15, -0.1) is 24.9 Å². The molecule has 1 aromatic carbocycles. The molecule has 0 aliphatic heterocycles. The highest BCUT2D eigenvalue weighted by Gasteiger charge is 2.31. The first-order valence-corrected chi connectivity index (χ1v) is 7.34. The molecule has 0 saturated heterocycles. The molecule has 0 spiro atoms. The lowest BCUT2D eigenvalue weighted by atomic mass is 9.87. The normalized spacial score (nSPS) is 12.6. The molecule has 0 saturated carbocycles. The number of alkyl halides is 3. The average molecular weight is 307 g/mol. The monoisotopic (exact) mass is 307 g/mol. The van der Waals surface area contributed by atoms with Crippen molar-refractivity contribution in [3.8, 4) is 5.75 Å². The van der Waals surface area contributed by atoms with E-state index in [0.29, 0.717) is 6.54 Å². The van der Waals surface area contributed by atoms with Crippen LogP contribution in [0.4, 0.5) is 13.2 Å². The molecule has 1 rings (SSSR count). The Kier molecular flexibility index (Phi) is 5.77. The molecule has 0 aliphatic rings. The Balaban J connectivity index is 3.02. The molecule has 0 unspecified atom stereocenters. The van der Waals surface area contributed by atoms with Gasteiger partial charge in [0.05, 0.1) is 0 Å². The Bertz CT molecular complexity index is 441. The molecule has 0 radical (unpaired) electrons. The molecule has 2 N–H and O–H groups in total. The highest BCUT2D eigenvalue weighted by Crippen LogP contribution is 2.34. The van der Waals surface area contributed by atoms with Gasteiger partial charge in [-0.25, -0.2) is 0 Å². The second-order valence-electron chi connectivity index (χ2n) is 5.48. The molecule has 6 heteroatoms. The lowest BCUT2D eigenvalue weighted by Gasteiger charge is -2.21. The van der Waals surface area contributed by atoms with Crippen molar-refractivity contribution in [2.45, 2.75) is 43.9 Å². The number of hydrogen-bond acceptors (Lipinski definition) is 3. The number of hydrogen-bond donors (Lipinski definition) is 1. The van der Waals surface area contributed by atoms with Crippen LogP contribution in [0.1, 0.15) is 32.8 Å². The van der Waals surface area contributed by atoms with E-state index in [1.807, 2.05) is 26.8 Å². The third kappa shape index (κ3) is 6.05. The summed E-state index contributed by atoms with van der Waals surface area (Å²) < 4.78 is 41.1. The number of nitrogens with two attached hydrogens (primary N) is 1. The quantitative estimate of drug-likeness (QED) is 0.650. The Morgan fingerprint density at radius 2 is 1.80 bits per heavy atom. The molecule has 0 aliphatic carbocycles. The van der Waals surface area contributed by atoms with Crippen LogP contribution in [-0.4, -0.2) is 18.7 Å². The predicted octanol–water partition coefficient (Wildman–Crippen LogP) is 4.32. The zero-order valence-corrected chi connectivity index (χ0v) is 12.7. The van der Waals surface area contributed by atoms with Crippen molar-refractivity contribution >= 4 is 11.8 Å². The van der Waals surface area contributed by atoms with E-state index in [9.17, 15) is 13.2 Å². The number of rotatable bonds is 5. The Labute approximate surface area is 121 Å². The topological polar surface area (TPSA) is 35.2 Å². The van der Waals surface area contributed by atoms with Gasteiger partial charge < -0.3 is 10.5 Å². The van der Waals surface area contributed by atoms with E-state index in [0.717, 1.165) is 22.6 Å². The molecule has 0 fully saturated rings. The van der Waals surface area contributed by atoms with E-state index in [4.69, 9.17) is 5.73 Å². The van der Waals surface area contributed by atoms with Gasteiger partial charge >= 0.3 is 6.36 Å². The summed E-state index contributed by atoms with van der Waals surface area (Å²) in [4.78, 5) is 0.769. The zero-order chi connectivity index (χ0) is 15.4. The Hall–Kier alpha value is -0.880. The Morgan fingerprint density at radius 1 is 1.15 bits per heavy atom. The van der Waals surface area contributed by atoms with Crippen molar-refractivity contribution in [2.24, 2.45) is 5.73 Å². The minimum absolute atomic E-state index is 0.167. The molecule has 114 valence electrons. The number of benzene rings is 1. The standard InChI is InChI=1S/C14H20F3NOS/c1-13(2,3)10-7-11(19-14(15,16)17)9-12(8-10)20-6-4-5-18/h7-9H,4-6,18H2,1-3H3. The summed E-state index contributed by atoms with van der Waals surface area (Å²) in [6.45, 7) is 6.42. The summed E-state index contributed by atoms with van der Waals surface area (Å²) in [5.41, 5.74) is 5.99. The Morgan fingerprint density at radius 3 is 2.30 bits per heavy atom. The van der Waals surface area contributed by atoms with Crippen LogP contribution in [-0.2, 0) is 5.41 Å². The number of ether oxygens (including phenoxy) is 1. The predicted molar refractivity (Wildman–Crippen MR) is 76.2 cm³/mol. The lowest BCUT2D eigenvalue weighted by molar-refractivity contribution is -0.274. The van der Waals surface area contributed by atoms with E-state index in [2.05, 4.69) is 4.74 Å². The molecule has 0 bridgehead atoms. The smallest absolute Gasteiger partial charge is 0.406 e. The summed E-state index contributed by atoms with van der Waals surface area (Å²) in [5, 5.41) is 0. The van der Waals surface area contributed by atoms with Crippen LogP contribution in [0.2, 0.25) is 0 Å². The van der Waals surface area contributed by atoms with E-state index in [1.165, 1.54) is 23.9 Å². The summed E-state index contributed by atoms with van der Waals surface area (Å²) in [6, 6.07) is 4.77. The maximum absolute atomic E-state index is 12.4. The third-order valence-electron chi connectivity index (χ3n) is 2.60. The van der Waals surface area contributed by atoms with Gasteiger partial charge in [0.1, 0.15) is 5.75 Å². The van der Waals surface area contributed by atoms with Crippen molar-refractivity contribution in [3.63, 3.8) is 0 Å². The second kappa shape index (κ2) is 6.72. The summed E-state index contributed by atoms with van der Waals surface area (Å²) in [7, 11) is 0. The minimum atomic E-state index is -4.67. The second-order valence-corrected chi connectivity index (χ2v) is 6.65. The fourth-order valence-electron chi connectivity index (χ4n) is 1.55. The molecule has 0 heterocycles. The first kappa shape index (κ1) is 17.2. The minimum Gasteiger partial charge on any atom is -0.406 e. The SMILES string of the molecule is CC(C)(C)c1cc(OC(F)(F)F)cc(SCCCN)c1. The van der Waals surface area contributed by atoms with E-state index >= 15 is 0 Å². The first-order valence-electron chi connectivity index (χ1n) is 6.36. The van der Waals surface area contributed by atoms with Gasteiger partial charge in [-0.1, -0.05) is 20.8 Å². The van der Waals surface area contributed by atoms with E-state index in [-0.39, 0.29) is 11.2 Å². The van der Waals surface area contributed by atoms with Gasteiger partial charge in [-0.3, -0.25) is 0 Å². The van der Waals surface area contributed by atoms with Crippen LogP contribution in [0.15, 0.2) is 23.1 Å². The van der Waals surface area contributed by atoms with Gasteiger partial charge in [-0.2, -0.15) is 0 Å². The summed E-state index contributed by atoms with van der Waals surface area (Å²) in [6.07, 6.45) is -3.85. The molecular weight excluding hydrogens is 287 g/mol. The third-order valence-corrected chi connectivity index (χ3v) is 3.66. The van der Waals surface area contributed by atoms with Gasteiger partial charge in [0.25, 0.3) is 0 Å². The summed E-state index contributed by atoms with van der Waals surface area (Å²) >= 11 is 1.49. The highest BCUT2D eigenvalue weighted by molar-refractivity contribution is 7.99. The molecule has 0 aromatic heterocycles. The van der Waals surface area contributed by atoms with Crippen LogP contribution in [0.5, 0.6) is 5.75 Å². The first-order chi connectivity index (χ1) is 9.12. The van der Waals surface area contributed by atoms with Crippen LogP contribution < -0.4 is 10.5 Å². The van der Waals surface area contributed by atoms with Gasteiger partial charge in [0.2, 0.25) is 0 Å². The maximum atomic E-state index is 12.4. The average Bonchev–Trinajstić information content (AvgIpc) is 2.25. The van der Waals surface area contributed by atoms with Gasteiger partial charge in [0, 0.05) is 4.90 Å². The fraction of sp³-hybridized carbons (Fsp3) is 0.571. The van der Waals surface area contributed by atoms with Crippen LogP contribution >= 0.6 is 11.8 Å². The highest BCUT2D eigenvalue weighted by atomic mass is 32.2. The molecule has 20 heavy (non-hydrogen) atoms. The number of halogens is 3. The van der Waals surface area contributed by atoms with Crippen molar-refractivity contribution < 1.29 is 17.9 Å². The van der Waals surface area contributed by atoms with Gasteiger partial charge in [-0.05, 0) is 47.9 Å². The molecule has 1 aromatic rings. The fourth-order valence-corrected chi connectivity index (χ4v) is 2.51. The molecule has 0 atom stereocenters. The van der Waals surface area contributed by atoms with E-state index in [1.54, 1.807) is 0 Å². The zero-order valence-electron chi connectivity index (χ0n) is 11.9. The maximum Gasteiger partial charge on any atom is 0.573 e. The van der Waals surface area contributed by atoms with Gasteiger partial charge in [0.15, 0.2) is 0 Å². The van der Waals surface area contributed by atoms with Crippen LogP contribution in [0.3, 0.4) is 0 Å². The van der Waals surface area contributed by atoms with E-state index < -0.39 is 6.36 Å². The van der Waals surface area contributed by atoms with Crippen molar-refractivity contribution in [2.75, 3.05) is 12.3 Å². The van der Waals surface area contributed by atoms with Crippen molar-refractivity contribution in [3.05, 3.63) is 23.8 Å².